The lowest BCUT2D eigenvalue weighted by Gasteiger charge is -2.07. The molecule has 2 aromatic carbocycles. The third-order valence-corrected chi connectivity index (χ3v) is 4.69. The molecule has 7 heteroatoms. The predicted molar refractivity (Wildman–Crippen MR) is 103 cm³/mol. The number of halogens is 3. The first kappa shape index (κ1) is 17.1. The molecule has 0 aliphatic heterocycles. The van der Waals surface area contributed by atoms with Crippen molar-refractivity contribution in [2.45, 2.75) is 13.3 Å². The van der Waals surface area contributed by atoms with Gasteiger partial charge in [-0.2, -0.15) is 9.78 Å². The van der Waals surface area contributed by atoms with Crippen molar-refractivity contribution in [1.82, 2.24) is 9.66 Å². The minimum Gasteiger partial charge on any atom is -0.267 e. The van der Waals surface area contributed by atoms with Crippen LogP contribution in [0.4, 0.5) is 0 Å². The van der Waals surface area contributed by atoms with Crippen molar-refractivity contribution in [1.29, 1.82) is 0 Å². The summed E-state index contributed by atoms with van der Waals surface area (Å²) in [6.45, 7) is 1.93. The number of aromatic nitrogens is 2. The van der Waals surface area contributed by atoms with Crippen LogP contribution in [0.25, 0.3) is 10.9 Å². The van der Waals surface area contributed by atoms with Gasteiger partial charge < -0.3 is 0 Å². The summed E-state index contributed by atoms with van der Waals surface area (Å²) in [5.41, 5.74) is 1.18. The fourth-order valence-corrected chi connectivity index (χ4v) is 2.93. The monoisotopic (exact) mass is 423 g/mol. The summed E-state index contributed by atoms with van der Waals surface area (Å²) in [5, 5.41) is 5.71. The molecule has 0 saturated carbocycles. The van der Waals surface area contributed by atoms with E-state index < -0.39 is 0 Å². The highest BCUT2D eigenvalue weighted by molar-refractivity contribution is 9.10. The van der Waals surface area contributed by atoms with Crippen LogP contribution in [0.15, 0.2) is 50.8 Å². The van der Waals surface area contributed by atoms with E-state index in [1.807, 2.05) is 19.1 Å². The third kappa shape index (κ3) is 3.38. The minimum absolute atomic E-state index is 0.213. The zero-order valence-electron chi connectivity index (χ0n) is 12.6. The van der Waals surface area contributed by atoms with Crippen LogP contribution in [0.5, 0.6) is 0 Å². The Morgan fingerprint density at radius 2 is 2.00 bits per heavy atom. The lowest BCUT2D eigenvalue weighted by Crippen LogP contribution is -2.22. The summed E-state index contributed by atoms with van der Waals surface area (Å²) >= 11 is 15.3. The molecule has 24 heavy (non-hydrogen) atoms. The maximum Gasteiger partial charge on any atom is 0.282 e. The molecule has 3 aromatic rings. The van der Waals surface area contributed by atoms with E-state index in [4.69, 9.17) is 23.2 Å². The quantitative estimate of drug-likeness (QED) is 0.560. The van der Waals surface area contributed by atoms with Gasteiger partial charge in [0.2, 0.25) is 0 Å². The largest absolute Gasteiger partial charge is 0.282 e. The molecule has 0 aliphatic carbocycles. The van der Waals surface area contributed by atoms with Gasteiger partial charge in [0.05, 0.1) is 27.2 Å². The number of aryl methyl sites for hydroxylation is 1. The SMILES string of the molecule is CCc1nc2ccc(Br)cc2c(=O)n1N=Cc1ccc(Cl)c(Cl)c1. The summed E-state index contributed by atoms with van der Waals surface area (Å²) in [6.07, 6.45) is 2.15. The van der Waals surface area contributed by atoms with E-state index in [9.17, 15) is 4.79 Å². The molecule has 1 aromatic heterocycles. The van der Waals surface area contributed by atoms with E-state index in [0.717, 1.165) is 10.0 Å². The molecule has 0 fully saturated rings. The molecule has 0 atom stereocenters. The molecule has 122 valence electrons. The van der Waals surface area contributed by atoms with Gasteiger partial charge in [-0.05, 0) is 35.9 Å². The van der Waals surface area contributed by atoms with Crippen molar-refractivity contribution in [2.75, 3.05) is 0 Å². The Morgan fingerprint density at radius 1 is 1.21 bits per heavy atom. The number of rotatable bonds is 3. The van der Waals surface area contributed by atoms with Crippen LogP contribution < -0.4 is 5.56 Å². The second-order valence-electron chi connectivity index (χ2n) is 5.08. The van der Waals surface area contributed by atoms with Gasteiger partial charge in [0, 0.05) is 10.9 Å². The smallest absolute Gasteiger partial charge is 0.267 e. The van der Waals surface area contributed by atoms with Gasteiger partial charge in [-0.1, -0.05) is 52.1 Å². The molecule has 4 nitrogen and oxygen atoms in total. The number of hydrogen-bond acceptors (Lipinski definition) is 3. The van der Waals surface area contributed by atoms with Crippen molar-refractivity contribution in [3.63, 3.8) is 0 Å². The Balaban J connectivity index is 2.13. The summed E-state index contributed by atoms with van der Waals surface area (Å²) in [5.74, 6) is 0.589. The maximum absolute atomic E-state index is 12.7. The number of hydrogen-bond donors (Lipinski definition) is 0. The molecule has 0 bridgehead atoms. The van der Waals surface area contributed by atoms with E-state index in [2.05, 4.69) is 26.0 Å². The van der Waals surface area contributed by atoms with E-state index in [1.165, 1.54) is 4.68 Å². The fourth-order valence-electron chi connectivity index (χ4n) is 2.26. The molecule has 3 rings (SSSR count). The maximum atomic E-state index is 12.7. The molecule has 0 unspecified atom stereocenters. The van der Waals surface area contributed by atoms with Gasteiger partial charge in [0.15, 0.2) is 0 Å². The number of benzene rings is 2. The predicted octanol–water partition coefficient (Wildman–Crippen LogP) is 4.91. The summed E-state index contributed by atoms with van der Waals surface area (Å²) in [6, 6.07) is 10.6. The van der Waals surface area contributed by atoms with Crippen LogP contribution in [0, 0.1) is 0 Å². The molecular formula is C17H12BrCl2N3O. The van der Waals surface area contributed by atoms with Crippen LogP contribution >= 0.6 is 39.1 Å². The van der Waals surface area contributed by atoms with Crippen molar-refractivity contribution < 1.29 is 0 Å². The highest BCUT2D eigenvalue weighted by Gasteiger charge is 2.09. The Labute approximate surface area is 156 Å². The van der Waals surface area contributed by atoms with Gasteiger partial charge in [-0.25, -0.2) is 4.98 Å². The summed E-state index contributed by atoms with van der Waals surface area (Å²) in [4.78, 5) is 17.3. The van der Waals surface area contributed by atoms with Crippen LogP contribution in [-0.4, -0.2) is 15.9 Å². The van der Waals surface area contributed by atoms with Gasteiger partial charge in [-0.15, -0.1) is 0 Å². The van der Waals surface area contributed by atoms with Crippen molar-refractivity contribution >= 4 is 56.2 Å². The Bertz CT molecular complexity index is 1010. The first-order valence-electron chi connectivity index (χ1n) is 7.20. The van der Waals surface area contributed by atoms with Gasteiger partial charge in [-0.3, -0.25) is 4.79 Å². The van der Waals surface area contributed by atoms with Crippen molar-refractivity contribution in [3.8, 4) is 0 Å². The lowest BCUT2D eigenvalue weighted by atomic mass is 10.2. The average Bonchev–Trinajstić information content (AvgIpc) is 2.57. The van der Waals surface area contributed by atoms with E-state index in [1.54, 1.807) is 30.5 Å². The topological polar surface area (TPSA) is 47.2 Å². The molecule has 0 spiro atoms. The van der Waals surface area contributed by atoms with Crippen LogP contribution in [-0.2, 0) is 6.42 Å². The normalized spacial score (nSPS) is 11.5. The molecule has 0 radical (unpaired) electrons. The zero-order chi connectivity index (χ0) is 17.3. The highest BCUT2D eigenvalue weighted by atomic mass is 79.9. The second-order valence-corrected chi connectivity index (χ2v) is 6.81. The first-order valence-corrected chi connectivity index (χ1v) is 8.75. The Kier molecular flexibility index (Phi) is 5.04. The van der Waals surface area contributed by atoms with Crippen molar-refractivity contribution in [3.05, 3.63) is 72.7 Å². The van der Waals surface area contributed by atoms with Crippen LogP contribution in [0.2, 0.25) is 10.0 Å². The lowest BCUT2D eigenvalue weighted by molar-refractivity contribution is 0.734. The highest BCUT2D eigenvalue weighted by Crippen LogP contribution is 2.22. The van der Waals surface area contributed by atoms with Crippen LogP contribution in [0.1, 0.15) is 18.3 Å². The molecule has 0 amide bonds. The first-order chi connectivity index (χ1) is 11.5. The van der Waals surface area contributed by atoms with E-state index in [-0.39, 0.29) is 5.56 Å². The van der Waals surface area contributed by atoms with E-state index >= 15 is 0 Å². The molecular weight excluding hydrogens is 413 g/mol. The summed E-state index contributed by atoms with van der Waals surface area (Å²) in [7, 11) is 0. The van der Waals surface area contributed by atoms with Gasteiger partial charge >= 0.3 is 0 Å². The Hall–Kier alpha value is -1.69. The van der Waals surface area contributed by atoms with Crippen LogP contribution in [0.3, 0.4) is 0 Å². The standard InChI is InChI=1S/C17H12BrCl2N3O/c1-2-16-22-15-6-4-11(18)8-12(15)17(24)23(16)21-9-10-3-5-13(19)14(20)7-10/h3-9H,2H2,1H3. The second kappa shape index (κ2) is 7.05. The number of fused-ring (bicyclic) bond motifs is 1. The van der Waals surface area contributed by atoms with E-state index in [0.29, 0.717) is 33.2 Å². The fraction of sp³-hybridized carbons (Fsp3) is 0.118. The number of nitrogens with zero attached hydrogens (tertiary/aromatic N) is 3. The summed E-state index contributed by atoms with van der Waals surface area (Å²) < 4.78 is 2.13. The Morgan fingerprint density at radius 3 is 2.71 bits per heavy atom. The van der Waals surface area contributed by atoms with Crippen molar-refractivity contribution in [2.24, 2.45) is 5.10 Å². The molecule has 0 N–H and O–H groups in total. The molecule has 0 saturated heterocycles. The van der Waals surface area contributed by atoms with Gasteiger partial charge in [0.25, 0.3) is 5.56 Å². The average molecular weight is 425 g/mol. The van der Waals surface area contributed by atoms with Gasteiger partial charge in [0.1, 0.15) is 5.82 Å². The molecule has 0 aliphatic rings. The minimum atomic E-state index is -0.213. The zero-order valence-corrected chi connectivity index (χ0v) is 15.7. The third-order valence-electron chi connectivity index (χ3n) is 3.46. The molecule has 1 heterocycles.